The molecule has 5 fully saturated rings. The van der Waals surface area contributed by atoms with Crippen molar-refractivity contribution in [1.29, 1.82) is 0 Å². The van der Waals surface area contributed by atoms with Crippen LogP contribution in [0, 0.1) is 32.4 Å². The third-order valence-electron chi connectivity index (χ3n) is 20.8. The standard InChI is InChI=1S/C27H30F3N7.C24H28N8.C23H21FN8S/c1-18-11-22-21(3-6-31-25(22)12-24(18)28)23-14-33-37-15-20(13-32-26(23)37)35-7-4-19(5-8-35)36-10-9-34(2)16-27(29,30)17-36;1-29-11-13-31(14-12-29)18-5-9-30(10-6-18)19-15-27-24-21(16-28-32(24)17-19)20-4-8-25-22-3-2-7-26-23(20)22;1-14-9-18-17(3-4-25-21(18)10-20(14)24)19-12-27-32-13-16(11-26-22(19)32)30-5-7-31(8-6-30)23-29-28-15(2)33-23/h3,6,11-15,19H,4-5,7-10,16-17H2,1-2H3;2-4,7-8,15-18H,5-6,9-14H2,1H3;3-4,9-13H,5-8H2,1-2H3. The molecule has 0 spiro atoms. The number of hydrogen-bond donors (Lipinski definition) is 0. The Morgan fingerprint density at radius 3 is 1.38 bits per heavy atom. The Bertz CT molecular complexity index is 5180. The highest BCUT2D eigenvalue weighted by atomic mass is 32.1. The van der Waals surface area contributed by atoms with Crippen molar-refractivity contribution in [2.45, 2.75) is 64.5 Å². The number of halogens is 4. The molecule has 28 heteroatoms. The summed E-state index contributed by atoms with van der Waals surface area (Å²) in [5, 5.41) is 25.9. The van der Waals surface area contributed by atoms with Gasteiger partial charge in [-0.2, -0.15) is 15.3 Å². The number of likely N-dealkylation sites (N-methyl/N-ethyl adjacent to an activating group) is 2. The molecule has 0 N–H and O–H groups in total. The maximum Gasteiger partial charge on any atom is 0.272 e. The smallest absolute Gasteiger partial charge is 0.272 e. The minimum absolute atomic E-state index is 0.162. The molecule has 0 bridgehead atoms. The van der Waals surface area contributed by atoms with E-state index < -0.39 is 5.92 Å². The molecule has 0 aliphatic carbocycles. The average molecular weight is 1400 g/mol. The van der Waals surface area contributed by atoms with Gasteiger partial charge in [0.2, 0.25) is 5.13 Å². The number of benzene rings is 2. The number of aromatic nitrogens is 15. The highest BCUT2D eigenvalue weighted by molar-refractivity contribution is 7.15. The van der Waals surface area contributed by atoms with Crippen LogP contribution in [0.3, 0.4) is 0 Å². The van der Waals surface area contributed by atoms with Crippen LogP contribution in [0.4, 0.5) is 39.8 Å². The summed E-state index contributed by atoms with van der Waals surface area (Å²) in [6.45, 7) is 18.5. The van der Waals surface area contributed by atoms with Crippen LogP contribution >= 0.6 is 11.3 Å². The monoisotopic (exact) mass is 1400 g/mol. The average Bonchev–Trinajstić information content (AvgIpc) is 1.51. The first kappa shape index (κ1) is 66.5. The Labute approximate surface area is 590 Å². The molecule has 5 aliphatic rings. The van der Waals surface area contributed by atoms with Crippen LogP contribution < -0.4 is 19.6 Å². The molecular weight excluding hydrogens is 1320 g/mol. The van der Waals surface area contributed by atoms with Crippen molar-refractivity contribution in [3.8, 4) is 33.4 Å². The van der Waals surface area contributed by atoms with Crippen molar-refractivity contribution in [3.63, 3.8) is 0 Å². The SMILES string of the molecule is CN1CCN(C2CCN(c3cnc4c(-c5ccnc6cccnc56)cnn4c3)CC2)CC1.Cc1cc2c(-c3cnn4cc(N5CCC(N6CCN(C)CC(F)(F)C6)CC5)cnc34)ccnc2cc1F.Cc1nnc(N2CCN(c3cnc4c(-c5ccnc6cc(F)c(C)cc56)cnn4c3)CC2)s1. The normalized spacial score (nSPS) is 18.0. The Morgan fingerprint density at radius 1 is 0.422 bits per heavy atom. The molecule has 0 saturated carbocycles. The van der Waals surface area contributed by atoms with Crippen LogP contribution in [-0.4, -0.2) is 230 Å². The number of anilines is 4. The highest BCUT2D eigenvalue weighted by Crippen LogP contribution is 2.37. The van der Waals surface area contributed by atoms with E-state index in [1.807, 2.05) is 113 Å². The van der Waals surface area contributed by atoms with Crippen LogP contribution in [0.1, 0.15) is 41.8 Å². The fourth-order valence-electron chi connectivity index (χ4n) is 15.1. The van der Waals surface area contributed by atoms with Gasteiger partial charge < -0.3 is 24.5 Å². The maximum absolute atomic E-state index is 14.3. The summed E-state index contributed by atoms with van der Waals surface area (Å²) in [6.07, 6.45) is 28.4. The minimum atomic E-state index is -2.68. The molecule has 524 valence electrons. The quantitative estimate of drug-likeness (QED) is 0.124. The van der Waals surface area contributed by atoms with E-state index in [9.17, 15) is 17.6 Å². The van der Waals surface area contributed by atoms with Gasteiger partial charge in [0, 0.05) is 174 Å². The molecule has 102 heavy (non-hydrogen) atoms. The highest BCUT2D eigenvalue weighted by Gasteiger charge is 2.39. The summed E-state index contributed by atoms with van der Waals surface area (Å²) in [6, 6.07) is 17.2. The van der Waals surface area contributed by atoms with Gasteiger partial charge in [-0.15, -0.1) is 10.2 Å². The lowest BCUT2D eigenvalue weighted by Crippen LogP contribution is -2.52. The minimum Gasteiger partial charge on any atom is -0.369 e. The first-order valence-corrected chi connectivity index (χ1v) is 35.8. The van der Waals surface area contributed by atoms with Crippen molar-refractivity contribution in [3.05, 3.63) is 163 Å². The Balaban J connectivity index is 0.000000119. The van der Waals surface area contributed by atoms with E-state index in [1.54, 1.807) is 66.4 Å². The number of nitrogens with zero attached hydrogens (tertiary/aromatic N) is 23. The van der Waals surface area contributed by atoms with E-state index in [0.29, 0.717) is 46.9 Å². The molecule has 16 heterocycles. The van der Waals surface area contributed by atoms with E-state index in [4.69, 9.17) is 15.0 Å². The first-order chi connectivity index (χ1) is 49.6. The van der Waals surface area contributed by atoms with E-state index in [-0.39, 0.29) is 30.8 Å². The van der Waals surface area contributed by atoms with Crippen molar-refractivity contribution < 1.29 is 17.6 Å². The molecule has 18 rings (SSSR count). The lowest BCUT2D eigenvalue weighted by atomic mass is 10.0. The van der Waals surface area contributed by atoms with E-state index in [0.717, 1.165) is 159 Å². The zero-order valence-electron chi connectivity index (χ0n) is 57.7. The molecule has 2 aromatic carbocycles. The molecule has 0 amide bonds. The summed E-state index contributed by atoms with van der Waals surface area (Å²) in [5.41, 5.74) is 15.2. The molecule has 5 saturated heterocycles. The van der Waals surface area contributed by atoms with Crippen molar-refractivity contribution in [1.82, 2.24) is 93.5 Å². The van der Waals surface area contributed by atoms with Crippen LogP contribution in [-0.2, 0) is 0 Å². The number of piperazine rings is 2. The van der Waals surface area contributed by atoms with Gasteiger partial charge >= 0.3 is 0 Å². The van der Waals surface area contributed by atoms with Crippen LogP contribution in [0.25, 0.3) is 83.2 Å². The van der Waals surface area contributed by atoms with Crippen molar-refractivity contribution in [2.24, 2.45) is 0 Å². The van der Waals surface area contributed by atoms with Gasteiger partial charge in [0.1, 0.15) is 16.6 Å². The second-order valence-corrected chi connectivity index (χ2v) is 28.7. The summed E-state index contributed by atoms with van der Waals surface area (Å²) >= 11 is 1.63. The summed E-state index contributed by atoms with van der Waals surface area (Å²) < 4.78 is 62.2. The van der Waals surface area contributed by atoms with Gasteiger partial charge in [-0.25, -0.2) is 46.1 Å². The van der Waals surface area contributed by atoms with E-state index in [1.165, 1.54) is 51.2 Å². The topological polar surface area (TPSA) is 194 Å². The summed E-state index contributed by atoms with van der Waals surface area (Å²) in [7, 11) is 3.99. The Hall–Kier alpha value is -10.0. The Morgan fingerprint density at radius 2 is 0.873 bits per heavy atom. The number of hydrogen-bond acceptors (Lipinski definition) is 21. The number of rotatable bonds is 9. The fourth-order valence-corrected chi connectivity index (χ4v) is 15.9. The fraction of sp³-hybridized carbons (Fsp3) is 0.378. The van der Waals surface area contributed by atoms with Gasteiger partial charge in [0.05, 0.1) is 108 Å². The zero-order valence-corrected chi connectivity index (χ0v) is 58.5. The molecule has 23 nitrogen and oxygen atoms in total. The predicted molar refractivity (Wildman–Crippen MR) is 391 cm³/mol. The second kappa shape index (κ2) is 28.1. The van der Waals surface area contributed by atoms with E-state index >= 15 is 0 Å². The molecular formula is C74H79F4N23S. The number of piperidine rings is 2. The van der Waals surface area contributed by atoms with Gasteiger partial charge in [-0.3, -0.25) is 34.6 Å². The number of fused-ring (bicyclic) bond motifs is 6. The summed E-state index contributed by atoms with van der Waals surface area (Å²) in [5.74, 6) is -3.21. The summed E-state index contributed by atoms with van der Waals surface area (Å²) in [4.78, 5) is 50.0. The largest absolute Gasteiger partial charge is 0.369 e. The van der Waals surface area contributed by atoms with Gasteiger partial charge in [0.15, 0.2) is 16.9 Å². The van der Waals surface area contributed by atoms with Gasteiger partial charge in [-0.1, -0.05) is 11.3 Å². The molecule has 0 radical (unpaired) electrons. The maximum atomic E-state index is 14.3. The molecule has 0 atom stereocenters. The van der Waals surface area contributed by atoms with Crippen molar-refractivity contribution >= 4 is 83.3 Å². The van der Waals surface area contributed by atoms with Gasteiger partial charge in [0.25, 0.3) is 5.92 Å². The Kier molecular flexibility index (Phi) is 18.3. The number of aryl methyl sites for hydroxylation is 3. The number of pyridine rings is 4. The van der Waals surface area contributed by atoms with Crippen LogP contribution in [0.2, 0.25) is 0 Å². The first-order valence-electron chi connectivity index (χ1n) is 34.9. The molecule has 0 unspecified atom stereocenters. The van der Waals surface area contributed by atoms with Crippen LogP contribution in [0.5, 0.6) is 0 Å². The third-order valence-corrected chi connectivity index (χ3v) is 21.7. The lowest BCUT2D eigenvalue weighted by Gasteiger charge is -2.42. The lowest BCUT2D eigenvalue weighted by molar-refractivity contribution is -0.0428. The zero-order chi connectivity index (χ0) is 69.8. The third kappa shape index (κ3) is 13.6. The molecule has 11 aromatic heterocycles. The van der Waals surface area contributed by atoms with Crippen LogP contribution in [0.15, 0.2) is 135 Å². The van der Waals surface area contributed by atoms with Crippen molar-refractivity contribution in [2.75, 3.05) is 138 Å². The van der Waals surface area contributed by atoms with E-state index in [2.05, 4.69) is 88.1 Å². The van der Waals surface area contributed by atoms with Gasteiger partial charge in [-0.05, 0) is 125 Å². The second-order valence-electron chi connectivity index (χ2n) is 27.5. The number of alkyl halides is 2. The molecule has 13 aromatic rings. The molecule has 5 aliphatic heterocycles. The predicted octanol–water partition coefficient (Wildman–Crippen LogP) is 10.7.